The number of aryl methyl sites for hydroxylation is 1. The molecule has 1 aliphatic heterocycles. The normalized spacial score (nSPS) is 14.9. The van der Waals surface area contributed by atoms with Crippen molar-refractivity contribution < 1.29 is 13.6 Å². The van der Waals surface area contributed by atoms with E-state index in [4.69, 9.17) is 0 Å². The summed E-state index contributed by atoms with van der Waals surface area (Å²) in [5, 5.41) is 8.05. The number of fused-ring (bicyclic) bond motifs is 1. The molecular weight excluding hydrogens is 344 g/mol. The lowest BCUT2D eigenvalue weighted by Crippen LogP contribution is -2.49. The average molecular weight is 359 g/mol. The Bertz CT molecular complexity index is 982. The molecule has 0 unspecified atom stereocenters. The number of aromatic nitrogens is 5. The molecule has 2 aromatic heterocycles. The fourth-order valence-electron chi connectivity index (χ4n) is 3.03. The van der Waals surface area contributed by atoms with Crippen LogP contribution >= 0.6 is 0 Å². The van der Waals surface area contributed by atoms with Crippen molar-refractivity contribution in [3.8, 4) is 0 Å². The van der Waals surface area contributed by atoms with Crippen LogP contribution in [0.3, 0.4) is 0 Å². The topological polar surface area (TPSA) is 80.0 Å². The minimum Gasteiger partial charge on any atom is -0.351 e. The molecular formula is C16H15F2N7O. The van der Waals surface area contributed by atoms with E-state index in [0.29, 0.717) is 43.2 Å². The van der Waals surface area contributed by atoms with Crippen LogP contribution in [0.25, 0.3) is 11.2 Å². The number of halogens is 2. The summed E-state index contributed by atoms with van der Waals surface area (Å²) in [5.74, 6) is -1.35. The molecule has 0 bridgehead atoms. The summed E-state index contributed by atoms with van der Waals surface area (Å²) in [6, 6.07) is 2.97. The van der Waals surface area contributed by atoms with Crippen LogP contribution in [-0.4, -0.2) is 61.9 Å². The van der Waals surface area contributed by atoms with E-state index < -0.39 is 17.5 Å². The molecule has 3 heterocycles. The molecule has 1 amide bonds. The van der Waals surface area contributed by atoms with Crippen molar-refractivity contribution in [3.05, 3.63) is 41.7 Å². The number of nitrogens with zero attached hydrogens (tertiary/aromatic N) is 7. The van der Waals surface area contributed by atoms with Gasteiger partial charge < -0.3 is 9.80 Å². The van der Waals surface area contributed by atoms with Gasteiger partial charge >= 0.3 is 0 Å². The maximum absolute atomic E-state index is 13.8. The standard InChI is InChI=1S/C16H15F2N7O/c1-23-14-13(21-22-23)15(20-9-19-14)24-4-6-25(7-5-24)16(26)11-3-2-10(17)8-12(11)18/h2-3,8-9H,4-7H2,1H3. The molecule has 8 nitrogen and oxygen atoms in total. The number of piperazine rings is 1. The Kier molecular flexibility index (Phi) is 3.94. The predicted octanol–water partition coefficient (Wildman–Crippen LogP) is 0.999. The summed E-state index contributed by atoms with van der Waals surface area (Å²) >= 11 is 0. The number of amides is 1. The third-order valence-corrected chi connectivity index (χ3v) is 4.40. The Balaban J connectivity index is 1.51. The van der Waals surface area contributed by atoms with Gasteiger partial charge in [0.25, 0.3) is 5.91 Å². The van der Waals surface area contributed by atoms with Gasteiger partial charge in [-0.05, 0) is 12.1 Å². The quantitative estimate of drug-likeness (QED) is 0.679. The highest BCUT2D eigenvalue weighted by molar-refractivity contribution is 5.94. The Morgan fingerprint density at radius 2 is 1.88 bits per heavy atom. The minimum absolute atomic E-state index is 0.127. The van der Waals surface area contributed by atoms with Gasteiger partial charge in [-0.2, -0.15) is 0 Å². The zero-order chi connectivity index (χ0) is 18.3. The van der Waals surface area contributed by atoms with Crippen LogP contribution in [-0.2, 0) is 7.05 Å². The minimum atomic E-state index is -0.852. The molecule has 0 spiro atoms. The lowest BCUT2D eigenvalue weighted by Gasteiger charge is -2.35. The van der Waals surface area contributed by atoms with Crippen molar-refractivity contribution in [2.75, 3.05) is 31.1 Å². The van der Waals surface area contributed by atoms with Gasteiger partial charge in [-0.1, -0.05) is 5.21 Å². The van der Waals surface area contributed by atoms with Crippen LogP contribution in [0.2, 0.25) is 0 Å². The molecule has 0 aliphatic carbocycles. The van der Waals surface area contributed by atoms with Crippen molar-refractivity contribution in [2.24, 2.45) is 7.05 Å². The van der Waals surface area contributed by atoms with Crippen LogP contribution in [0.5, 0.6) is 0 Å². The molecule has 0 radical (unpaired) electrons. The number of hydrogen-bond donors (Lipinski definition) is 0. The van der Waals surface area contributed by atoms with Crippen molar-refractivity contribution in [2.45, 2.75) is 0 Å². The van der Waals surface area contributed by atoms with Gasteiger partial charge in [0.05, 0.1) is 5.56 Å². The maximum Gasteiger partial charge on any atom is 0.256 e. The second kappa shape index (κ2) is 6.28. The molecule has 26 heavy (non-hydrogen) atoms. The highest BCUT2D eigenvalue weighted by Gasteiger charge is 2.26. The molecule has 0 saturated carbocycles. The van der Waals surface area contributed by atoms with Crippen LogP contribution in [0.4, 0.5) is 14.6 Å². The molecule has 1 aromatic carbocycles. The van der Waals surface area contributed by atoms with Gasteiger partial charge in [-0.25, -0.2) is 23.4 Å². The van der Waals surface area contributed by atoms with Gasteiger partial charge in [0.1, 0.15) is 18.0 Å². The van der Waals surface area contributed by atoms with E-state index in [2.05, 4.69) is 20.3 Å². The third-order valence-electron chi connectivity index (χ3n) is 4.40. The summed E-state index contributed by atoms with van der Waals surface area (Å²) in [6.45, 7) is 1.80. The summed E-state index contributed by atoms with van der Waals surface area (Å²) in [4.78, 5) is 24.5. The fraction of sp³-hybridized carbons (Fsp3) is 0.312. The summed E-state index contributed by atoms with van der Waals surface area (Å²) in [5.41, 5.74) is 1.10. The summed E-state index contributed by atoms with van der Waals surface area (Å²) < 4.78 is 28.4. The highest BCUT2D eigenvalue weighted by Crippen LogP contribution is 2.22. The average Bonchev–Trinajstić information content (AvgIpc) is 3.03. The number of carbonyl (C=O) groups is 1. The van der Waals surface area contributed by atoms with E-state index in [1.807, 2.05) is 4.90 Å². The molecule has 0 atom stereocenters. The summed E-state index contributed by atoms with van der Waals surface area (Å²) in [7, 11) is 1.75. The first-order valence-electron chi connectivity index (χ1n) is 8.04. The molecule has 10 heteroatoms. The zero-order valence-corrected chi connectivity index (χ0v) is 13.9. The smallest absolute Gasteiger partial charge is 0.256 e. The third kappa shape index (κ3) is 2.72. The molecule has 134 valence electrons. The molecule has 1 saturated heterocycles. The Morgan fingerprint density at radius 1 is 1.12 bits per heavy atom. The predicted molar refractivity (Wildman–Crippen MR) is 88.6 cm³/mol. The number of hydrogen-bond acceptors (Lipinski definition) is 6. The van der Waals surface area contributed by atoms with Gasteiger partial charge in [-0.3, -0.25) is 4.79 Å². The van der Waals surface area contributed by atoms with E-state index in [1.54, 1.807) is 16.6 Å². The molecule has 1 aliphatic rings. The Labute approximate surface area is 147 Å². The number of carbonyl (C=O) groups excluding carboxylic acids is 1. The highest BCUT2D eigenvalue weighted by atomic mass is 19.1. The second-order valence-corrected chi connectivity index (χ2v) is 5.99. The lowest BCUT2D eigenvalue weighted by atomic mass is 10.1. The van der Waals surface area contributed by atoms with E-state index >= 15 is 0 Å². The van der Waals surface area contributed by atoms with Crippen molar-refractivity contribution in [1.82, 2.24) is 29.9 Å². The Hall–Kier alpha value is -3.17. The van der Waals surface area contributed by atoms with Gasteiger partial charge in [0.15, 0.2) is 17.0 Å². The second-order valence-electron chi connectivity index (χ2n) is 5.99. The molecule has 4 rings (SSSR count). The number of rotatable bonds is 2. The van der Waals surface area contributed by atoms with Gasteiger partial charge in [-0.15, -0.1) is 5.10 Å². The molecule has 1 fully saturated rings. The van der Waals surface area contributed by atoms with Crippen LogP contribution in [0, 0.1) is 11.6 Å². The van der Waals surface area contributed by atoms with Crippen LogP contribution in [0.1, 0.15) is 10.4 Å². The van der Waals surface area contributed by atoms with E-state index in [-0.39, 0.29) is 5.56 Å². The lowest BCUT2D eigenvalue weighted by molar-refractivity contribution is 0.0742. The SMILES string of the molecule is Cn1nnc2c(N3CCN(C(=O)c4ccc(F)cc4F)CC3)ncnc21. The molecule has 3 aromatic rings. The molecule has 0 N–H and O–H groups in total. The van der Waals surface area contributed by atoms with Crippen molar-refractivity contribution >= 4 is 22.9 Å². The Morgan fingerprint density at radius 3 is 2.62 bits per heavy atom. The maximum atomic E-state index is 13.8. The first-order valence-corrected chi connectivity index (χ1v) is 8.04. The first kappa shape index (κ1) is 16.3. The first-order chi connectivity index (χ1) is 12.5. The fourth-order valence-corrected chi connectivity index (χ4v) is 3.03. The van der Waals surface area contributed by atoms with Crippen molar-refractivity contribution in [1.29, 1.82) is 0 Å². The van der Waals surface area contributed by atoms with Gasteiger partial charge in [0.2, 0.25) is 0 Å². The summed E-state index contributed by atoms with van der Waals surface area (Å²) in [6.07, 6.45) is 1.45. The van der Waals surface area contributed by atoms with Crippen LogP contribution < -0.4 is 4.90 Å². The zero-order valence-electron chi connectivity index (χ0n) is 13.9. The van der Waals surface area contributed by atoms with Crippen LogP contribution in [0.15, 0.2) is 24.5 Å². The van der Waals surface area contributed by atoms with Gasteiger partial charge in [0, 0.05) is 39.3 Å². The number of benzene rings is 1. The van der Waals surface area contributed by atoms with E-state index in [0.717, 1.165) is 12.1 Å². The number of anilines is 1. The monoisotopic (exact) mass is 359 g/mol. The largest absolute Gasteiger partial charge is 0.351 e. The van der Waals surface area contributed by atoms with Crippen molar-refractivity contribution in [3.63, 3.8) is 0 Å². The van der Waals surface area contributed by atoms with E-state index in [1.165, 1.54) is 12.4 Å². The van der Waals surface area contributed by atoms with E-state index in [9.17, 15) is 13.6 Å².